The summed E-state index contributed by atoms with van der Waals surface area (Å²) in [5.74, 6) is 3.94. The highest BCUT2D eigenvalue weighted by Crippen LogP contribution is 2.26. The highest BCUT2D eigenvalue weighted by Gasteiger charge is 2.25. The molecule has 1 rings (SSSR count). The molecule has 2 nitrogen and oxygen atoms in total. The standard InChI is InChI=1S/C12H19NOS/c1-3-8-13(9-4-2)12(14)11-7-5-6-10-15-11/h1,11H,4-10H2,2H3. The van der Waals surface area contributed by atoms with E-state index in [0.717, 1.165) is 25.1 Å². The molecule has 0 N–H and O–H groups in total. The number of nitrogens with zero attached hydrogens (tertiary/aromatic N) is 1. The van der Waals surface area contributed by atoms with E-state index in [2.05, 4.69) is 12.8 Å². The van der Waals surface area contributed by atoms with Crippen LogP contribution in [0.5, 0.6) is 0 Å². The lowest BCUT2D eigenvalue weighted by Crippen LogP contribution is -2.39. The summed E-state index contributed by atoms with van der Waals surface area (Å²) >= 11 is 1.79. The smallest absolute Gasteiger partial charge is 0.236 e. The number of amides is 1. The maximum absolute atomic E-state index is 12.1. The van der Waals surface area contributed by atoms with Crippen LogP contribution in [0.4, 0.5) is 0 Å². The fourth-order valence-electron chi connectivity index (χ4n) is 1.79. The van der Waals surface area contributed by atoms with Crippen molar-refractivity contribution in [1.29, 1.82) is 0 Å². The summed E-state index contributed by atoms with van der Waals surface area (Å²) in [6, 6.07) is 0. The van der Waals surface area contributed by atoms with Crippen molar-refractivity contribution in [2.45, 2.75) is 37.9 Å². The molecule has 84 valence electrons. The van der Waals surface area contributed by atoms with Crippen LogP contribution in [0.15, 0.2) is 0 Å². The Bertz CT molecular complexity index is 240. The lowest BCUT2D eigenvalue weighted by atomic mass is 10.1. The van der Waals surface area contributed by atoms with Crippen LogP contribution >= 0.6 is 11.8 Å². The van der Waals surface area contributed by atoms with Gasteiger partial charge in [0.05, 0.1) is 11.8 Å². The monoisotopic (exact) mass is 225 g/mol. The Morgan fingerprint density at radius 3 is 2.93 bits per heavy atom. The Morgan fingerprint density at radius 2 is 2.40 bits per heavy atom. The zero-order chi connectivity index (χ0) is 11.1. The predicted octanol–water partition coefficient (Wildman–Crippen LogP) is 2.14. The number of carbonyl (C=O) groups excluding carboxylic acids is 1. The molecule has 1 atom stereocenters. The van der Waals surface area contributed by atoms with Gasteiger partial charge in [0.2, 0.25) is 5.91 Å². The van der Waals surface area contributed by atoms with E-state index in [4.69, 9.17) is 6.42 Å². The number of rotatable bonds is 4. The van der Waals surface area contributed by atoms with Crippen LogP contribution in [-0.2, 0) is 4.79 Å². The summed E-state index contributed by atoms with van der Waals surface area (Å²) in [7, 11) is 0. The van der Waals surface area contributed by atoms with Crippen molar-refractivity contribution < 1.29 is 4.79 Å². The normalized spacial score (nSPS) is 20.7. The van der Waals surface area contributed by atoms with Crippen LogP contribution in [0.3, 0.4) is 0 Å². The molecule has 0 bridgehead atoms. The Balaban J connectivity index is 2.50. The van der Waals surface area contributed by atoms with Gasteiger partial charge in [-0.05, 0) is 25.0 Å². The van der Waals surface area contributed by atoms with Crippen molar-refractivity contribution in [1.82, 2.24) is 4.90 Å². The fraction of sp³-hybridized carbons (Fsp3) is 0.750. The molecule has 1 fully saturated rings. The maximum Gasteiger partial charge on any atom is 0.236 e. The Labute approximate surface area is 96.8 Å². The second-order valence-corrected chi connectivity index (χ2v) is 5.13. The summed E-state index contributed by atoms with van der Waals surface area (Å²) in [4.78, 5) is 13.9. The Morgan fingerprint density at radius 1 is 1.60 bits per heavy atom. The first-order chi connectivity index (χ1) is 7.29. The fourth-order valence-corrected chi connectivity index (χ4v) is 3.07. The van der Waals surface area contributed by atoms with Crippen LogP contribution < -0.4 is 0 Å². The van der Waals surface area contributed by atoms with Gasteiger partial charge in [-0.15, -0.1) is 18.2 Å². The molecule has 1 amide bonds. The molecule has 0 aromatic rings. The zero-order valence-electron chi connectivity index (χ0n) is 9.37. The van der Waals surface area contributed by atoms with E-state index in [1.54, 1.807) is 11.8 Å². The lowest BCUT2D eigenvalue weighted by Gasteiger charge is -2.27. The van der Waals surface area contributed by atoms with E-state index in [1.807, 2.05) is 4.90 Å². The molecule has 1 aliphatic heterocycles. The maximum atomic E-state index is 12.1. The van der Waals surface area contributed by atoms with E-state index >= 15 is 0 Å². The van der Waals surface area contributed by atoms with Gasteiger partial charge in [0.25, 0.3) is 0 Å². The second kappa shape index (κ2) is 6.79. The minimum Gasteiger partial charge on any atom is -0.331 e. The molecule has 1 aliphatic rings. The molecule has 0 saturated carbocycles. The molecule has 0 aromatic heterocycles. The molecule has 0 radical (unpaired) electrons. The van der Waals surface area contributed by atoms with E-state index < -0.39 is 0 Å². The van der Waals surface area contributed by atoms with Crippen LogP contribution in [0.2, 0.25) is 0 Å². The number of hydrogen-bond acceptors (Lipinski definition) is 2. The topological polar surface area (TPSA) is 20.3 Å². The largest absolute Gasteiger partial charge is 0.331 e. The minimum atomic E-state index is 0.165. The molecule has 1 saturated heterocycles. The minimum absolute atomic E-state index is 0.165. The number of hydrogen-bond donors (Lipinski definition) is 0. The lowest BCUT2D eigenvalue weighted by molar-refractivity contribution is -0.130. The molecule has 0 spiro atoms. The first kappa shape index (κ1) is 12.4. The van der Waals surface area contributed by atoms with Crippen LogP contribution in [0.25, 0.3) is 0 Å². The van der Waals surface area contributed by atoms with Gasteiger partial charge in [-0.3, -0.25) is 4.79 Å². The van der Waals surface area contributed by atoms with E-state index in [-0.39, 0.29) is 11.2 Å². The third-order valence-corrected chi connectivity index (χ3v) is 3.91. The van der Waals surface area contributed by atoms with E-state index in [0.29, 0.717) is 6.54 Å². The van der Waals surface area contributed by atoms with Gasteiger partial charge >= 0.3 is 0 Å². The van der Waals surface area contributed by atoms with Crippen molar-refractivity contribution >= 4 is 17.7 Å². The average molecular weight is 225 g/mol. The molecule has 1 unspecified atom stereocenters. The van der Waals surface area contributed by atoms with E-state index in [1.165, 1.54) is 12.8 Å². The molecule has 0 aliphatic carbocycles. The molecule has 3 heteroatoms. The zero-order valence-corrected chi connectivity index (χ0v) is 10.2. The Kier molecular flexibility index (Phi) is 5.63. The van der Waals surface area contributed by atoms with Crippen molar-refractivity contribution in [3.05, 3.63) is 0 Å². The molecule has 15 heavy (non-hydrogen) atoms. The summed E-state index contributed by atoms with van der Waals surface area (Å²) in [6.07, 6.45) is 9.70. The van der Waals surface area contributed by atoms with Gasteiger partial charge in [-0.1, -0.05) is 19.3 Å². The number of carbonyl (C=O) groups is 1. The van der Waals surface area contributed by atoms with Crippen LogP contribution in [-0.4, -0.2) is 34.9 Å². The van der Waals surface area contributed by atoms with Gasteiger partial charge in [0.1, 0.15) is 0 Å². The van der Waals surface area contributed by atoms with Crippen molar-refractivity contribution in [3.63, 3.8) is 0 Å². The second-order valence-electron chi connectivity index (χ2n) is 3.82. The molecule has 0 aromatic carbocycles. The van der Waals surface area contributed by atoms with Gasteiger partial charge in [0.15, 0.2) is 0 Å². The van der Waals surface area contributed by atoms with Crippen molar-refractivity contribution in [2.75, 3.05) is 18.8 Å². The third kappa shape index (κ3) is 3.79. The Hall–Kier alpha value is -0.620. The summed E-state index contributed by atoms with van der Waals surface area (Å²) in [5.41, 5.74) is 0. The SMILES string of the molecule is C#CCN(CCC)C(=O)C1CCCCS1. The predicted molar refractivity (Wildman–Crippen MR) is 65.8 cm³/mol. The van der Waals surface area contributed by atoms with Crippen molar-refractivity contribution in [3.8, 4) is 12.3 Å². The highest BCUT2D eigenvalue weighted by atomic mass is 32.2. The molecule has 1 heterocycles. The van der Waals surface area contributed by atoms with Gasteiger partial charge in [0, 0.05) is 6.54 Å². The third-order valence-electron chi connectivity index (χ3n) is 2.54. The number of terminal acetylenes is 1. The summed E-state index contributed by atoms with van der Waals surface area (Å²) in [6.45, 7) is 3.33. The first-order valence-corrected chi connectivity index (χ1v) is 6.68. The van der Waals surface area contributed by atoms with Gasteiger partial charge in [-0.2, -0.15) is 0 Å². The van der Waals surface area contributed by atoms with Gasteiger partial charge in [-0.25, -0.2) is 0 Å². The highest BCUT2D eigenvalue weighted by molar-refractivity contribution is 8.00. The number of thioether (sulfide) groups is 1. The molecular formula is C12H19NOS. The first-order valence-electron chi connectivity index (χ1n) is 5.63. The molecular weight excluding hydrogens is 206 g/mol. The summed E-state index contributed by atoms with van der Waals surface area (Å²) < 4.78 is 0. The average Bonchev–Trinajstić information content (AvgIpc) is 2.29. The quantitative estimate of drug-likeness (QED) is 0.683. The van der Waals surface area contributed by atoms with E-state index in [9.17, 15) is 4.79 Å². The van der Waals surface area contributed by atoms with Crippen LogP contribution in [0.1, 0.15) is 32.6 Å². The van der Waals surface area contributed by atoms with Crippen molar-refractivity contribution in [2.24, 2.45) is 0 Å². The van der Waals surface area contributed by atoms with Gasteiger partial charge < -0.3 is 4.90 Å². The summed E-state index contributed by atoms with van der Waals surface area (Å²) in [5, 5.41) is 0.165. The van der Waals surface area contributed by atoms with Crippen LogP contribution in [0, 0.1) is 12.3 Å².